The van der Waals surface area contributed by atoms with Gasteiger partial charge in [-0.2, -0.15) is 0 Å². The Labute approximate surface area is 96.7 Å². The highest BCUT2D eigenvalue weighted by molar-refractivity contribution is 7.12. The molecule has 0 saturated heterocycles. The molecule has 0 N–H and O–H groups in total. The summed E-state index contributed by atoms with van der Waals surface area (Å²) in [5.74, 6) is 0.0813. The Morgan fingerprint density at radius 1 is 1.27 bits per heavy atom. The largest absolute Gasteiger partial charge is 0.288 e. The van der Waals surface area contributed by atoms with Gasteiger partial charge in [-0.15, -0.1) is 22.7 Å². The molecule has 15 heavy (non-hydrogen) atoms. The van der Waals surface area contributed by atoms with Crippen LogP contribution in [-0.4, -0.2) is 5.78 Å². The molecule has 2 heterocycles. The van der Waals surface area contributed by atoms with Crippen molar-refractivity contribution in [2.24, 2.45) is 0 Å². The molecule has 0 aliphatic carbocycles. The summed E-state index contributed by atoms with van der Waals surface area (Å²) in [6.07, 6.45) is 3.53. The minimum Gasteiger partial charge on any atom is -0.288 e. The minimum atomic E-state index is 0.0813. The maximum Gasteiger partial charge on any atom is 0.195 e. The van der Waals surface area contributed by atoms with E-state index in [1.807, 2.05) is 35.9 Å². The van der Waals surface area contributed by atoms with Crippen molar-refractivity contribution < 1.29 is 4.79 Å². The molecule has 0 aromatic carbocycles. The van der Waals surface area contributed by atoms with Gasteiger partial charge in [-0.3, -0.25) is 4.79 Å². The van der Waals surface area contributed by atoms with Crippen LogP contribution in [0.5, 0.6) is 0 Å². The Kier molecular flexibility index (Phi) is 3.14. The molecule has 0 saturated carbocycles. The second-order valence-electron chi connectivity index (χ2n) is 3.14. The molecule has 0 amide bonds. The third kappa shape index (κ3) is 2.43. The fourth-order valence-corrected chi connectivity index (χ4v) is 2.67. The first-order valence-electron chi connectivity index (χ1n) is 4.57. The lowest BCUT2D eigenvalue weighted by Crippen LogP contribution is -1.88. The summed E-state index contributed by atoms with van der Waals surface area (Å²) in [5, 5.41) is 3.95. The maximum atomic E-state index is 11.6. The molecule has 76 valence electrons. The molecule has 0 unspecified atom stereocenters. The van der Waals surface area contributed by atoms with E-state index in [1.54, 1.807) is 17.4 Å². The molecule has 0 fully saturated rings. The number of thiophene rings is 2. The van der Waals surface area contributed by atoms with E-state index < -0.39 is 0 Å². The molecule has 0 atom stereocenters. The summed E-state index contributed by atoms with van der Waals surface area (Å²) in [6.45, 7) is 2.05. The topological polar surface area (TPSA) is 17.1 Å². The molecule has 0 aliphatic heterocycles. The number of allylic oxidation sites excluding steroid dienone is 1. The summed E-state index contributed by atoms with van der Waals surface area (Å²) in [4.78, 5) is 13.6. The van der Waals surface area contributed by atoms with E-state index in [0.717, 1.165) is 9.75 Å². The molecule has 1 nitrogen and oxygen atoms in total. The smallest absolute Gasteiger partial charge is 0.195 e. The molecule has 0 spiro atoms. The van der Waals surface area contributed by atoms with Crippen LogP contribution in [0.3, 0.4) is 0 Å². The van der Waals surface area contributed by atoms with Gasteiger partial charge in [-0.25, -0.2) is 0 Å². The zero-order chi connectivity index (χ0) is 10.7. The van der Waals surface area contributed by atoms with Crippen LogP contribution in [0.1, 0.15) is 20.1 Å². The van der Waals surface area contributed by atoms with E-state index in [2.05, 4.69) is 6.07 Å². The van der Waals surface area contributed by atoms with Crippen molar-refractivity contribution in [1.82, 2.24) is 0 Å². The van der Waals surface area contributed by atoms with Crippen LogP contribution < -0.4 is 0 Å². The normalized spacial score (nSPS) is 11.0. The number of carbonyl (C=O) groups excluding carboxylic acids is 1. The van der Waals surface area contributed by atoms with Crippen molar-refractivity contribution in [1.29, 1.82) is 0 Å². The first kappa shape index (κ1) is 10.3. The fourth-order valence-electron chi connectivity index (χ4n) is 1.21. The quantitative estimate of drug-likeness (QED) is 0.579. The molecule has 0 aliphatic rings. The van der Waals surface area contributed by atoms with Crippen molar-refractivity contribution in [3.05, 3.63) is 50.4 Å². The number of aryl methyl sites for hydroxylation is 1. The zero-order valence-corrected chi connectivity index (χ0v) is 9.90. The third-order valence-corrected chi connectivity index (χ3v) is 3.92. The predicted molar refractivity (Wildman–Crippen MR) is 66.7 cm³/mol. The van der Waals surface area contributed by atoms with Gasteiger partial charge in [-0.05, 0) is 47.5 Å². The SMILES string of the molecule is Cc1ccsc1/C=C/C(=O)c1cccs1. The Hall–Kier alpha value is -1.19. The maximum absolute atomic E-state index is 11.6. The average molecular weight is 234 g/mol. The molecular formula is C12H10OS2. The van der Waals surface area contributed by atoms with Gasteiger partial charge in [0.2, 0.25) is 0 Å². The van der Waals surface area contributed by atoms with Gasteiger partial charge in [-0.1, -0.05) is 6.07 Å². The lowest BCUT2D eigenvalue weighted by molar-refractivity contribution is 0.105. The minimum absolute atomic E-state index is 0.0813. The van der Waals surface area contributed by atoms with Gasteiger partial charge in [0, 0.05) is 4.88 Å². The second-order valence-corrected chi connectivity index (χ2v) is 5.04. The molecular weight excluding hydrogens is 224 g/mol. The number of hydrogen-bond acceptors (Lipinski definition) is 3. The molecule has 3 heteroatoms. The highest BCUT2D eigenvalue weighted by Crippen LogP contribution is 2.18. The summed E-state index contributed by atoms with van der Waals surface area (Å²) in [6, 6.07) is 5.79. The van der Waals surface area contributed by atoms with Crippen molar-refractivity contribution in [2.75, 3.05) is 0 Å². The summed E-state index contributed by atoms with van der Waals surface area (Å²) in [7, 11) is 0. The third-order valence-electron chi connectivity index (χ3n) is 2.05. The predicted octanol–water partition coefficient (Wildman–Crippen LogP) is 4.01. The van der Waals surface area contributed by atoms with Gasteiger partial charge < -0.3 is 0 Å². The van der Waals surface area contributed by atoms with Crippen LogP contribution in [-0.2, 0) is 0 Å². The van der Waals surface area contributed by atoms with Crippen molar-refractivity contribution in [2.45, 2.75) is 6.92 Å². The van der Waals surface area contributed by atoms with Crippen LogP contribution in [0.25, 0.3) is 6.08 Å². The van der Waals surface area contributed by atoms with Gasteiger partial charge in [0.15, 0.2) is 5.78 Å². The molecule has 0 radical (unpaired) electrons. The second kappa shape index (κ2) is 4.55. The number of hydrogen-bond donors (Lipinski definition) is 0. The molecule has 2 aromatic rings. The van der Waals surface area contributed by atoms with Crippen LogP contribution in [0.15, 0.2) is 35.0 Å². The summed E-state index contributed by atoms with van der Waals surface area (Å²) >= 11 is 3.13. The van der Waals surface area contributed by atoms with E-state index in [4.69, 9.17) is 0 Å². The van der Waals surface area contributed by atoms with Crippen LogP contribution in [0.2, 0.25) is 0 Å². The fraction of sp³-hybridized carbons (Fsp3) is 0.0833. The van der Waals surface area contributed by atoms with Crippen LogP contribution in [0.4, 0.5) is 0 Å². The number of ketones is 1. The summed E-state index contributed by atoms with van der Waals surface area (Å²) < 4.78 is 0. The lowest BCUT2D eigenvalue weighted by Gasteiger charge is -1.89. The highest BCUT2D eigenvalue weighted by Gasteiger charge is 2.02. The first-order valence-corrected chi connectivity index (χ1v) is 6.33. The number of rotatable bonds is 3. The highest BCUT2D eigenvalue weighted by atomic mass is 32.1. The van der Waals surface area contributed by atoms with Gasteiger partial charge in [0.1, 0.15) is 0 Å². The van der Waals surface area contributed by atoms with E-state index in [-0.39, 0.29) is 5.78 Å². The van der Waals surface area contributed by atoms with Crippen LogP contribution >= 0.6 is 22.7 Å². The van der Waals surface area contributed by atoms with Gasteiger partial charge in [0.25, 0.3) is 0 Å². The van der Waals surface area contributed by atoms with Crippen molar-refractivity contribution >= 4 is 34.5 Å². The zero-order valence-electron chi connectivity index (χ0n) is 8.27. The Morgan fingerprint density at radius 2 is 2.13 bits per heavy atom. The molecule has 0 bridgehead atoms. The van der Waals surface area contributed by atoms with Crippen molar-refractivity contribution in [3.8, 4) is 0 Å². The van der Waals surface area contributed by atoms with E-state index >= 15 is 0 Å². The first-order chi connectivity index (χ1) is 7.27. The number of carbonyl (C=O) groups is 1. The molecule has 2 aromatic heterocycles. The lowest BCUT2D eigenvalue weighted by atomic mass is 10.2. The van der Waals surface area contributed by atoms with E-state index in [0.29, 0.717) is 0 Å². The Bertz CT molecular complexity index is 477. The Balaban J connectivity index is 2.13. The van der Waals surface area contributed by atoms with E-state index in [1.165, 1.54) is 16.9 Å². The Morgan fingerprint density at radius 3 is 2.73 bits per heavy atom. The average Bonchev–Trinajstić information content (AvgIpc) is 2.85. The van der Waals surface area contributed by atoms with Gasteiger partial charge >= 0.3 is 0 Å². The van der Waals surface area contributed by atoms with Gasteiger partial charge in [0.05, 0.1) is 4.88 Å². The van der Waals surface area contributed by atoms with Crippen molar-refractivity contribution in [3.63, 3.8) is 0 Å². The standard InChI is InChI=1S/C12H10OS2/c1-9-6-8-15-11(9)5-4-10(13)12-3-2-7-14-12/h2-8H,1H3/b5-4+. The monoisotopic (exact) mass is 234 g/mol. The summed E-state index contributed by atoms with van der Waals surface area (Å²) in [5.41, 5.74) is 1.22. The van der Waals surface area contributed by atoms with Crippen LogP contribution in [0, 0.1) is 6.92 Å². The molecule has 2 rings (SSSR count). The van der Waals surface area contributed by atoms with E-state index in [9.17, 15) is 4.79 Å².